The van der Waals surface area contributed by atoms with E-state index in [1.165, 1.54) is 36.8 Å². The van der Waals surface area contributed by atoms with Crippen molar-refractivity contribution in [2.45, 2.75) is 52.3 Å². The van der Waals surface area contributed by atoms with Gasteiger partial charge in [0.1, 0.15) is 5.69 Å². The van der Waals surface area contributed by atoms with Crippen LogP contribution in [0.1, 0.15) is 47.3 Å². The molecule has 0 radical (unpaired) electrons. The summed E-state index contributed by atoms with van der Waals surface area (Å²) in [6, 6.07) is 7.99. The molecule has 2 aromatic heterocycles. The molecule has 1 saturated heterocycles. The molecule has 1 aliphatic heterocycles. The van der Waals surface area contributed by atoms with Crippen molar-refractivity contribution in [3.05, 3.63) is 59.7 Å². The average molecular weight is 530 g/mol. The zero-order valence-corrected chi connectivity index (χ0v) is 21.3. The Morgan fingerprint density at radius 2 is 1.66 bits per heavy atom. The lowest BCUT2D eigenvalue weighted by atomic mass is 10.1. The summed E-state index contributed by atoms with van der Waals surface area (Å²) in [7, 11) is 0. The van der Waals surface area contributed by atoms with Crippen molar-refractivity contribution in [3.63, 3.8) is 0 Å². The predicted molar refractivity (Wildman–Crippen MR) is 137 cm³/mol. The Morgan fingerprint density at radius 1 is 1.03 bits per heavy atom. The fraction of sp³-hybridized carbons (Fsp3) is 0.407. The van der Waals surface area contributed by atoms with Crippen LogP contribution in [0.4, 0.5) is 24.8 Å². The van der Waals surface area contributed by atoms with Gasteiger partial charge in [0.15, 0.2) is 0 Å². The number of hydrogen-bond donors (Lipinski definition) is 2. The molecule has 5 rings (SSSR count). The molecular formula is C27H30F3N5O3. The lowest BCUT2D eigenvalue weighted by Gasteiger charge is -2.14. The van der Waals surface area contributed by atoms with Crippen molar-refractivity contribution < 1.29 is 27.9 Å². The van der Waals surface area contributed by atoms with Gasteiger partial charge < -0.3 is 19.9 Å². The number of aryl methyl sites for hydroxylation is 2. The largest absolute Gasteiger partial charge is 0.490 e. The minimum atomic E-state index is -5.08. The first-order chi connectivity index (χ1) is 18.0. The lowest BCUT2D eigenvalue weighted by Crippen LogP contribution is -2.21. The third-order valence-corrected chi connectivity index (χ3v) is 6.65. The monoisotopic (exact) mass is 529 g/mol. The average Bonchev–Trinajstić information content (AvgIpc) is 3.33. The quantitative estimate of drug-likeness (QED) is 0.440. The molecule has 3 aromatic rings. The highest BCUT2D eigenvalue weighted by molar-refractivity contribution is 6.04. The van der Waals surface area contributed by atoms with Gasteiger partial charge in [-0.15, -0.1) is 0 Å². The number of amides is 1. The second kappa shape index (κ2) is 11.2. The van der Waals surface area contributed by atoms with Crippen molar-refractivity contribution in [1.82, 2.24) is 14.5 Å². The maximum Gasteiger partial charge on any atom is 0.490 e. The Kier molecular flexibility index (Phi) is 8.03. The van der Waals surface area contributed by atoms with Crippen LogP contribution < -0.4 is 10.2 Å². The molecule has 0 bridgehead atoms. The number of carbonyl (C=O) groups is 2. The van der Waals surface area contributed by atoms with Crippen LogP contribution >= 0.6 is 0 Å². The number of nitrogens with one attached hydrogen (secondary N) is 1. The first-order valence-electron chi connectivity index (χ1n) is 12.5. The summed E-state index contributed by atoms with van der Waals surface area (Å²) in [5.41, 5.74) is 5.82. The molecule has 2 fully saturated rings. The van der Waals surface area contributed by atoms with Crippen LogP contribution in [-0.2, 0) is 11.3 Å². The number of carboxylic acid groups (broad SMARTS) is 1. The van der Waals surface area contributed by atoms with E-state index in [-0.39, 0.29) is 5.91 Å². The van der Waals surface area contributed by atoms with E-state index < -0.39 is 12.1 Å². The molecule has 0 spiro atoms. The Labute approximate surface area is 218 Å². The predicted octanol–water partition coefficient (Wildman–Crippen LogP) is 5.46. The number of benzene rings is 1. The number of carbonyl (C=O) groups excluding carboxylic acids is 1. The second-order valence-corrected chi connectivity index (χ2v) is 9.73. The van der Waals surface area contributed by atoms with E-state index in [9.17, 15) is 18.0 Å². The van der Waals surface area contributed by atoms with Gasteiger partial charge in [-0.25, -0.2) is 14.8 Å². The topological polar surface area (TPSA) is 100 Å². The number of hydrogen-bond acceptors (Lipinski definition) is 5. The summed E-state index contributed by atoms with van der Waals surface area (Å²) in [5, 5.41) is 10.2. The van der Waals surface area contributed by atoms with Crippen molar-refractivity contribution in [3.8, 4) is 11.1 Å². The van der Waals surface area contributed by atoms with Crippen LogP contribution in [-0.4, -0.2) is 50.8 Å². The summed E-state index contributed by atoms with van der Waals surface area (Å²) in [4.78, 5) is 33.4. The van der Waals surface area contributed by atoms with E-state index in [2.05, 4.69) is 44.8 Å². The zero-order valence-electron chi connectivity index (χ0n) is 21.3. The van der Waals surface area contributed by atoms with Gasteiger partial charge >= 0.3 is 12.1 Å². The number of alkyl halides is 3. The highest BCUT2D eigenvalue weighted by Gasteiger charge is 2.38. The molecule has 1 aromatic carbocycles. The fourth-order valence-corrected chi connectivity index (χ4v) is 4.15. The van der Waals surface area contributed by atoms with Crippen LogP contribution in [0.2, 0.25) is 0 Å². The highest BCUT2D eigenvalue weighted by Crippen LogP contribution is 2.33. The molecule has 3 heterocycles. The molecule has 0 unspecified atom stereocenters. The molecule has 2 aliphatic rings. The SMILES string of the molecule is Cc1ccc(NC(=O)c2cc(-c3cnc(N4CCCC4)nc3)cn2CC2CC2)cc1C.O=C(O)C(F)(F)F. The summed E-state index contributed by atoms with van der Waals surface area (Å²) in [5.74, 6) is -1.37. The minimum absolute atomic E-state index is 0.0789. The molecule has 0 atom stereocenters. The van der Waals surface area contributed by atoms with Gasteiger partial charge in [0.05, 0.1) is 0 Å². The third kappa shape index (κ3) is 6.90. The van der Waals surface area contributed by atoms with E-state index >= 15 is 0 Å². The van der Waals surface area contributed by atoms with Crippen LogP contribution in [0.25, 0.3) is 11.1 Å². The van der Waals surface area contributed by atoms with Crippen LogP contribution in [0, 0.1) is 19.8 Å². The number of aliphatic carboxylic acids is 1. The molecule has 8 nitrogen and oxygen atoms in total. The molecule has 2 N–H and O–H groups in total. The Morgan fingerprint density at radius 3 is 2.21 bits per heavy atom. The van der Waals surface area contributed by atoms with E-state index in [0.29, 0.717) is 11.6 Å². The van der Waals surface area contributed by atoms with Crippen molar-refractivity contribution in [2.24, 2.45) is 5.92 Å². The first kappa shape index (κ1) is 27.2. The van der Waals surface area contributed by atoms with Gasteiger partial charge in [-0.2, -0.15) is 13.2 Å². The second-order valence-electron chi connectivity index (χ2n) is 9.73. The maximum absolute atomic E-state index is 13.1. The standard InChI is InChI=1S/C25H29N5O.C2HF3O2/c1-17-5-8-22(11-18(17)2)28-24(31)23-12-20(16-30(23)15-19-6-7-19)21-13-26-25(27-14-21)29-9-3-4-10-29;3-2(4,5)1(6)7/h5,8,11-14,16,19H,3-4,6-7,9-10,15H2,1-2H3,(H,28,31);(H,6,7). The van der Waals surface area contributed by atoms with Crippen molar-refractivity contribution in [2.75, 3.05) is 23.3 Å². The summed E-state index contributed by atoms with van der Waals surface area (Å²) in [6.45, 7) is 7.07. The fourth-order valence-electron chi connectivity index (χ4n) is 4.15. The third-order valence-electron chi connectivity index (χ3n) is 6.65. The molecular weight excluding hydrogens is 499 g/mol. The molecule has 202 valence electrons. The van der Waals surface area contributed by atoms with E-state index in [0.717, 1.165) is 42.4 Å². The number of aromatic nitrogens is 3. The summed E-state index contributed by atoms with van der Waals surface area (Å²) >= 11 is 0. The van der Waals surface area contributed by atoms with Crippen molar-refractivity contribution in [1.29, 1.82) is 0 Å². The molecule has 11 heteroatoms. The van der Waals surface area contributed by atoms with Gasteiger partial charge in [-0.3, -0.25) is 4.79 Å². The van der Waals surface area contributed by atoms with E-state index in [1.54, 1.807) is 0 Å². The summed E-state index contributed by atoms with van der Waals surface area (Å²) < 4.78 is 33.8. The Balaban J connectivity index is 0.000000426. The molecule has 38 heavy (non-hydrogen) atoms. The van der Waals surface area contributed by atoms with Crippen LogP contribution in [0.5, 0.6) is 0 Å². The van der Waals surface area contributed by atoms with E-state index in [4.69, 9.17) is 9.90 Å². The number of anilines is 2. The van der Waals surface area contributed by atoms with Gasteiger partial charge in [-0.1, -0.05) is 6.07 Å². The number of carboxylic acids is 1. The molecule has 1 saturated carbocycles. The van der Waals surface area contributed by atoms with E-state index in [1.807, 2.05) is 36.7 Å². The molecule has 1 amide bonds. The first-order valence-corrected chi connectivity index (χ1v) is 12.5. The number of halogens is 3. The van der Waals surface area contributed by atoms with Gasteiger partial charge in [0.2, 0.25) is 5.95 Å². The van der Waals surface area contributed by atoms with Crippen LogP contribution in [0.3, 0.4) is 0 Å². The van der Waals surface area contributed by atoms with Crippen molar-refractivity contribution >= 4 is 23.5 Å². The zero-order chi connectivity index (χ0) is 27.4. The Hall–Kier alpha value is -3.89. The van der Waals surface area contributed by atoms with Gasteiger partial charge in [0.25, 0.3) is 5.91 Å². The smallest absolute Gasteiger partial charge is 0.475 e. The number of rotatable bonds is 6. The normalized spacial score (nSPS) is 15.1. The van der Waals surface area contributed by atoms with Crippen LogP contribution in [0.15, 0.2) is 42.9 Å². The minimum Gasteiger partial charge on any atom is -0.475 e. The van der Waals surface area contributed by atoms with Gasteiger partial charge in [-0.05, 0) is 74.8 Å². The Bertz CT molecular complexity index is 1290. The lowest BCUT2D eigenvalue weighted by molar-refractivity contribution is -0.192. The molecule has 1 aliphatic carbocycles. The number of nitrogens with zero attached hydrogens (tertiary/aromatic N) is 4. The van der Waals surface area contributed by atoms with Gasteiger partial charge in [0, 0.05) is 55.0 Å². The highest BCUT2D eigenvalue weighted by atomic mass is 19.4. The maximum atomic E-state index is 13.1. The summed E-state index contributed by atoms with van der Waals surface area (Å²) in [6.07, 6.45) is 5.62.